The summed E-state index contributed by atoms with van der Waals surface area (Å²) in [7, 11) is 0. The van der Waals surface area contributed by atoms with Gasteiger partial charge in [0.15, 0.2) is 0 Å². The molecule has 4 atom stereocenters. The first-order chi connectivity index (χ1) is 29.7. The second-order valence-electron chi connectivity index (χ2n) is 15.9. The number of carbonyl (C=O) groups excluding carboxylic acids is 6. The summed E-state index contributed by atoms with van der Waals surface area (Å²) in [6, 6.07) is 27.0. The number of para-hydroxylation sites is 1. The standard InChI is InChI=1S/C48H59N7O7/c1-5-44(58)55(36-19-13-8-14-20-36)37-21-23-54(24-22-37)48(62)42(28-35-17-11-7-12-18-35)53-47(61)41(27-34-15-9-6-10-16-34)52-43(57)30-50-45(59)33(4)51-46(60)40(49)29-39-31(2)25-38(56)26-32(39)3/h6-20,25-26,33,37,40-42,56H,5,21-24,27-30,49H2,1-4H3,(H,50,59)(H,51,60)(H,52,57)(H,53,61)/t33-,40+,41+,42+/m1/s1. The molecule has 14 heteroatoms. The molecule has 1 saturated heterocycles. The van der Waals surface area contributed by atoms with E-state index in [9.17, 15) is 33.9 Å². The number of aromatic hydroxyl groups is 1. The predicted molar refractivity (Wildman–Crippen MR) is 238 cm³/mol. The SMILES string of the molecule is CCC(=O)N(c1ccccc1)C1CCN(C(=O)[C@H](Cc2ccccc2)NC(=O)[C@H](Cc2ccccc2)NC(=O)CNC(=O)[C@@H](C)NC(=O)[C@@H](N)Cc2c(C)cc(O)cc2C)CC1. The summed E-state index contributed by atoms with van der Waals surface area (Å²) in [5.41, 5.74) is 11.0. The van der Waals surface area contributed by atoms with Crippen molar-refractivity contribution in [3.8, 4) is 5.75 Å². The fraction of sp³-hybridized carbons (Fsp3) is 0.375. The van der Waals surface area contributed by atoms with Crippen molar-refractivity contribution in [2.45, 2.75) is 96.4 Å². The highest BCUT2D eigenvalue weighted by atomic mass is 16.3. The predicted octanol–water partition coefficient (Wildman–Crippen LogP) is 3.39. The van der Waals surface area contributed by atoms with Crippen LogP contribution in [-0.4, -0.2) is 95.3 Å². The van der Waals surface area contributed by atoms with Gasteiger partial charge in [-0.1, -0.05) is 85.8 Å². The molecule has 62 heavy (non-hydrogen) atoms. The number of aryl methyl sites for hydroxylation is 2. The Balaban J connectivity index is 1.23. The number of nitrogens with one attached hydrogen (secondary N) is 4. The van der Waals surface area contributed by atoms with Crippen molar-refractivity contribution in [1.82, 2.24) is 26.2 Å². The lowest BCUT2D eigenvalue weighted by molar-refractivity contribution is -0.138. The summed E-state index contributed by atoms with van der Waals surface area (Å²) in [5.74, 6) is -2.56. The summed E-state index contributed by atoms with van der Waals surface area (Å²) in [4.78, 5) is 84.5. The molecule has 0 saturated carbocycles. The number of carbonyl (C=O) groups is 6. The number of phenolic OH excluding ortho intramolecular Hbond substituents is 1. The van der Waals surface area contributed by atoms with E-state index < -0.39 is 54.3 Å². The second-order valence-corrected chi connectivity index (χ2v) is 15.9. The number of hydrogen-bond acceptors (Lipinski definition) is 8. The lowest BCUT2D eigenvalue weighted by Crippen LogP contribution is -2.58. The minimum absolute atomic E-state index is 0.00979. The zero-order chi connectivity index (χ0) is 44.8. The van der Waals surface area contributed by atoms with Crippen LogP contribution in [0.25, 0.3) is 0 Å². The van der Waals surface area contributed by atoms with Gasteiger partial charge in [-0.2, -0.15) is 0 Å². The van der Waals surface area contributed by atoms with Crippen molar-refractivity contribution < 1.29 is 33.9 Å². The zero-order valence-corrected chi connectivity index (χ0v) is 35.9. The summed E-state index contributed by atoms with van der Waals surface area (Å²) in [5, 5.41) is 20.7. The number of nitrogens with zero attached hydrogens (tertiary/aromatic N) is 2. The Morgan fingerprint density at radius 2 is 1.26 bits per heavy atom. The van der Waals surface area contributed by atoms with E-state index in [4.69, 9.17) is 5.73 Å². The number of likely N-dealkylation sites (tertiary alicyclic amines) is 1. The van der Waals surface area contributed by atoms with Crippen LogP contribution in [0.2, 0.25) is 0 Å². The van der Waals surface area contributed by atoms with Crippen molar-refractivity contribution in [2.75, 3.05) is 24.5 Å². The number of phenols is 1. The van der Waals surface area contributed by atoms with Gasteiger partial charge in [-0.25, -0.2) is 0 Å². The molecule has 1 aliphatic heterocycles. The molecule has 0 radical (unpaired) electrons. The van der Waals surface area contributed by atoms with E-state index in [1.165, 1.54) is 6.92 Å². The van der Waals surface area contributed by atoms with Crippen LogP contribution in [0.4, 0.5) is 5.69 Å². The van der Waals surface area contributed by atoms with E-state index in [2.05, 4.69) is 21.3 Å². The van der Waals surface area contributed by atoms with E-state index in [1.807, 2.05) is 117 Å². The molecule has 7 N–H and O–H groups in total. The van der Waals surface area contributed by atoms with E-state index in [-0.39, 0.29) is 42.9 Å². The van der Waals surface area contributed by atoms with Crippen molar-refractivity contribution in [2.24, 2.45) is 5.73 Å². The van der Waals surface area contributed by atoms with Gasteiger partial charge >= 0.3 is 0 Å². The maximum atomic E-state index is 14.3. The van der Waals surface area contributed by atoms with Crippen LogP contribution in [0.5, 0.6) is 5.75 Å². The van der Waals surface area contributed by atoms with Crippen LogP contribution in [0.3, 0.4) is 0 Å². The van der Waals surface area contributed by atoms with Crippen LogP contribution < -0.4 is 31.9 Å². The van der Waals surface area contributed by atoms with Crippen molar-refractivity contribution in [3.05, 3.63) is 131 Å². The second kappa shape index (κ2) is 22.3. The first-order valence-electron chi connectivity index (χ1n) is 21.2. The molecule has 6 amide bonds. The van der Waals surface area contributed by atoms with Gasteiger partial charge in [-0.15, -0.1) is 0 Å². The van der Waals surface area contributed by atoms with Crippen LogP contribution in [-0.2, 0) is 48.0 Å². The summed E-state index contributed by atoms with van der Waals surface area (Å²) in [6.07, 6.45) is 1.98. The van der Waals surface area contributed by atoms with E-state index in [0.29, 0.717) is 32.4 Å². The molecule has 0 spiro atoms. The quantitative estimate of drug-likeness (QED) is 0.0875. The highest BCUT2D eigenvalue weighted by molar-refractivity contribution is 5.95. The Hall–Kier alpha value is -6.54. The largest absolute Gasteiger partial charge is 0.508 e. The third-order valence-corrected chi connectivity index (χ3v) is 11.2. The highest BCUT2D eigenvalue weighted by Gasteiger charge is 2.35. The Kier molecular flexibility index (Phi) is 16.8. The molecular weight excluding hydrogens is 787 g/mol. The van der Waals surface area contributed by atoms with E-state index in [0.717, 1.165) is 33.5 Å². The van der Waals surface area contributed by atoms with Crippen LogP contribution in [0.15, 0.2) is 103 Å². The summed E-state index contributed by atoms with van der Waals surface area (Å²) >= 11 is 0. The summed E-state index contributed by atoms with van der Waals surface area (Å²) < 4.78 is 0. The highest BCUT2D eigenvalue weighted by Crippen LogP contribution is 2.26. The first kappa shape index (κ1) is 46.5. The average Bonchev–Trinajstić information content (AvgIpc) is 3.27. The number of piperidine rings is 1. The van der Waals surface area contributed by atoms with E-state index in [1.54, 1.807) is 17.0 Å². The van der Waals surface area contributed by atoms with Crippen LogP contribution >= 0.6 is 0 Å². The van der Waals surface area contributed by atoms with Gasteiger partial charge in [0.1, 0.15) is 23.9 Å². The molecule has 4 aromatic rings. The topological polar surface area (TPSA) is 203 Å². The Bertz CT molecular complexity index is 2140. The molecule has 1 heterocycles. The molecule has 1 fully saturated rings. The number of benzene rings is 4. The van der Waals surface area contributed by atoms with Gasteiger partial charge in [0, 0.05) is 44.1 Å². The molecule has 0 aliphatic carbocycles. The van der Waals surface area contributed by atoms with E-state index >= 15 is 0 Å². The number of anilines is 1. The molecule has 0 bridgehead atoms. The Morgan fingerprint density at radius 1 is 0.726 bits per heavy atom. The van der Waals surface area contributed by atoms with Gasteiger partial charge < -0.3 is 41.9 Å². The zero-order valence-electron chi connectivity index (χ0n) is 35.9. The maximum Gasteiger partial charge on any atom is 0.245 e. The Morgan fingerprint density at radius 3 is 1.81 bits per heavy atom. The van der Waals surface area contributed by atoms with Crippen LogP contribution in [0.1, 0.15) is 60.9 Å². The molecule has 0 aromatic heterocycles. The molecular formula is C48H59N7O7. The number of hydrogen-bond donors (Lipinski definition) is 6. The minimum atomic E-state index is -1.11. The minimum Gasteiger partial charge on any atom is -0.508 e. The fourth-order valence-corrected chi connectivity index (χ4v) is 7.82. The lowest BCUT2D eigenvalue weighted by atomic mass is 9.96. The third kappa shape index (κ3) is 13.0. The smallest absolute Gasteiger partial charge is 0.245 e. The third-order valence-electron chi connectivity index (χ3n) is 11.2. The fourth-order valence-electron chi connectivity index (χ4n) is 7.82. The van der Waals surface area contributed by atoms with Crippen molar-refractivity contribution in [3.63, 3.8) is 0 Å². The van der Waals surface area contributed by atoms with Crippen molar-refractivity contribution in [1.29, 1.82) is 0 Å². The van der Waals surface area contributed by atoms with Gasteiger partial charge in [0.25, 0.3) is 0 Å². The van der Waals surface area contributed by atoms with Gasteiger partial charge in [0.2, 0.25) is 35.4 Å². The molecule has 5 rings (SSSR count). The monoisotopic (exact) mass is 845 g/mol. The van der Waals surface area contributed by atoms with Crippen molar-refractivity contribution >= 4 is 41.1 Å². The first-order valence-corrected chi connectivity index (χ1v) is 21.2. The molecule has 328 valence electrons. The number of rotatable bonds is 18. The van der Waals surface area contributed by atoms with Gasteiger partial charge in [-0.05, 0) is 92.1 Å². The number of nitrogens with two attached hydrogens (primary N) is 1. The molecule has 4 aromatic carbocycles. The molecule has 14 nitrogen and oxygen atoms in total. The molecule has 0 unspecified atom stereocenters. The average molecular weight is 846 g/mol. The molecule has 1 aliphatic rings. The maximum absolute atomic E-state index is 14.3. The number of amides is 6. The van der Waals surface area contributed by atoms with Crippen LogP contribution in [0, 0.1) is 13.8 Å². The van der Waals surface area contributed by atoms with Gasteiger partial charge in [0.05, 0.1) is 12.6 Å². The normalized spacial score (nSPS) is 14.7. The summed E-state index contributed by atoms with van der Waals surface area (Å²) in [6.45, 7) is 7.22. The Labute approximate surface area is 363 Å². The lowest BCUT2D eigenvalue weighted by Gasteiger charge is -2.39. The van der Waals surface area contributed by atoms with Gasteiger partial charge in [-0.3, -0.25) is 28.8 Å².